The van der Waals surface area contributed by atoms with E-state index < -0.39 is 23.7 Å². The van der Waals surface area contributed by atoms with Crippen molar-refractivity contribution in [3.63, 3.8) is 0 Å². The van der Waals surface area contributed by atoms with Crippen LogP contribution in [0.2, 0.25) is 5.15 Å². The van der Waals surface area contributed by atoms with E-state index in [9.17, 15) is 13.6 Å². The van der Waals surface area contributed by atoms with Crippen LogP contribution in [0.3, 0.4) is 0 Å². The number of fused-ring (bicyclic) bond motifs is 3. The first-order chi connectivity index (χ1) is 16.2. The van der Waals surface area contributed by atoms with Gasteiger partial charge in [0.25, 0.3) is 6.43 Å². The average Bonchev–Trinajstić information content (AvgIpc) is 3.50. The maximum atomic E-state index is 13.9. The zero-order valence-electron chi connectivity index (χ0n) is 18.5. The highest BCUT2D eigenvalue weighted by Gasteiger charge is 2.43. The number of aromatic nitrogens is 6. The minimum atomic E-state index is -2.85. The Hall–Kier alpha value is -3.60. The number of rotatable bonds is 5. The number of carbonyl (C=O) groups is 1. The fourth-order valence-corrected chi connectivity index (χ4v) is 4.73. The molecule has 12 heteroatoms. The molecule has 176 valence electrons. The second-order valence-electron chi connectivity index (χ2n) is 8.63. The van der Waals surface area contributed by atoms with Gasteiger partial charge in [-0.1, -0.05) is 25.4 Å². The van der Waals surface area contributed by atoms with Crippen molar-refractivity contribution in [2.75, 3.05) is 12.4 Å². The van der Waals surface area contributed by atoms with Crippen molar-refractivity contribution in [2.24, 2.45) is 0 Å². The number of halogens is 3. The summed E-state index contributed by atoms with van der Waals surface area (Å²) in [5, 5.41) is 11.3. The predicted octanol–water partition coefficient (Wildman–Crippen LogP) is 4.31. The minimum Gasteiger partial charge on any atom is -0.479 e. The second kappa shape index (κ2) is 8.01. The van der Waals surface area contributed by atoms with Crippen LogP contribution < -0.4 is 10.1 Å². The van der Waals surface area contributed by atoms with E-state index in [1.807, 2.05) is 13.8 Å². The molecule has 0 saturated heterocycles. The van der Waals surface area contributed by atoms with E-state index in [4.69, 9.17) is 16.3 Å². The van der Waals surface area contributed by atoms with Crippen molar-refractivity contribution in [2.45, 2.75) is 38.0 Å². The summed E-state index contributed by atoms with van der Waals surface area (Å²) in [5.41, 5.74) is 1.35. The summed E-state index contributed by atoms with van der Waals surface area (Å²) in [6, 6.07) is 4.38. The van der Waals surface area contributed by atoms with Crippen LogP contribution in [0.4, 0.5) is 14.6 Å². The van der Waals surface area contributed by atoms with Crippen LogP contribution in [0.25, 0.3) is 11.3 Å². The molecule has 4 aromatic rings. The second-order valence-corrected chi connectivity index (χ2v) is 9.02. The topological polar surface area (TPSA) is 99.2 Å². The van der Waals surface area contributed by atoms with Crippen molar-refractivity contribution < 1.29 is 18.3 Å². The quantitative estimate of drug-likeness (QED) is 0.450. The number of ether oxygens (including phenoxy) is 1. The maximum absolute atomic E-state index is 13.9. The zero-order chi connectivity index (χ0) is 24.2. The molecule has 1 N–H and O–H groups in total. The van der Waals surface area contributed by atoms with Crippen LogP contribution in [0.5, 0.6) is 5.88 Å². The maximum Gasteiger partial charge on any atom is 0.266 e. The normalized spacial score (nSPS) is 16.7. The van der Waals surface area contributed by atoms with Crippen molar-refractivity contribution in [3.8, 4) is 11.6 Å². The van der Waals surface area contributed by atoms with E-state index in [1.165, 1.54) is 24.2 Å². The molecule has 1 aliphatic rings. The lowest BCUT2D eigenvalue weighted by atomic mass is 9.88. The van der Waals surface area contributed by atoms with E-state index in [-0.39, 0.29) is 22.9 Å². The Balaban J connectivity index is 1.52. The number of alkyl halides is 2. The number of methoxy groups -OCH3 is 1. The fourth-order valence-electron chi connectivity index (χ4n) is 4.55. The lowest BCUT2D eigenvalue weighted by Gasteiger charge is -2.19. The van der Waals surface area contributed by atoms with Crippen LogP contribution >= 0.6 is 11.6 Å². The van der Waals surface area contributed by atoms with Gasteiger partial charge in [0.05, 0.1) is 24.3 Å². The Morgan fingerprint density at radius 2 is 2.15 bits per heavy atom. The molecule has 0 aliphatic heterocycles. The van der Waals surface area contributed by atoms with E-state index >= 15 is 0 Å². The van der Waals surface area contributed by atoms with Gasteiger partial charge < -0.3 is 10.1 Å². The molecule has 0 aromatic carbocycles. The van der Waals surface area contributed by atoms with Crippen molar-refractivity contribution in [1.82, 2.24) is 29.4 Å². The number of hydrogen-bond acceptors (Lipinski definition) is 6. The molecule has 0 fully saturated rings. The van der Waals surface area contributed by atoms with Gasteiger partial charge in [-0.25, -0.2) is 23.0 Å². The van der Waals surface area contributed by atoms with Crippen LogP contribution in [0.15, 0.2) is 36.8 Å². The van der Waals surface area contributed by atoms with Crippen LogP contribution in [-0.2, 0) is 10.2 Å². The van der Waals surface area contributed by atoms with Crippen molar-refractivity contribution in [3.05, 3.63) is 58.8 Å². The summed E-state index contributed by atoms with van der Waals surface area (Å²) in [7, 11) is 1.32. The van der Waals surface area contributed by atoms with E-state index in [2.05, 4.69) is 25.5 Å². The first kappa shape index (κ1) is 22.2. The molecule has 0 saturated carbocycles. The first-order valence-corrected chi connectivity index (χ1v) is 10.8. The summed E-state index contributed by atoms with van der Waals surface area (Å²) >= 11 is 6.06. The molecule has 9 nitrogen and oxygen atoms in total. The Kier molecular flexibility index (Phi) is 5.23. The van der Waals surface area contributed by atoms with Gasteiger partial charge in [-0.05, 0) is 18.6 Å². The third-order valence-electron chi connectivity index (χ3n) is 5.93. The van der Waals surface area contributed by atoms with Crippen LogP contribution in [-0.4, -0.2) is 42.4 Å². The molecule has 0 radical (unpaired) electrons. The summed E-state index contributed by atoms with van der Waals surface area (Å²) in [6.45, 7) is 4.01. The molecule has 4 heterocycles. The van der Waals surface area contributed by atoms with Crippen LogP contribution in [0, 0.1) is 0 Å². The molecule has 4 aromatic heterocycles. The van der Waals surface area contributed by atoms with Crippen molar-refractivity contribution >= 4 is 29.0 Å². The van der Waals surface area contributed by atoms with Gasteiger partial charge in [0.15, 0.2) is 10.8 Å². The molecule has 0 bridgehead atoms. The molecule has 34 heavy (non-hydrogen) atoms. The smallest absolute Gasteiger partial charge is 0.266 e. The highest BCUT2D eigenvalue weighted by atomic mass is 35.5. The number of anilines is 1. The standard InChI is InChI=1S/C22H20ClF2N7O2/c1-22(2)9-12(13-10-26-16-8-14(23)30-32(16)18(13)22)20(33)28-15-7-11(19(24)25)17(21(29-15)34-3)31-6-4-5-27-31/h4-8,10,12,19H,9H2,1-3H3,(H,28,29,33). The number of pyridine rings is 1. The molecule has 1 aliphatic carbocycles. The molecule has 1 atom stereocenters. The van der Waals surface area contributed by atoms with Gasteiger partial charge in [-0.2, -0.15) is 15.2 Å². The van der Waals surface area contributed by atoms with Gasteiger partial charge >= 0.3 is 0 Å². The number of amides is 1. The van der Waals surface area contributed by atoms with E-state index in [0.717, 1.165) is 11.8 Å². The summed E-state index contributed by atoms with van der Waals surface area (Å²) < 4.78 is 36.0. The van der Waals surface area contributed by atoms with E-state index in [0.29, 0.717) is 22.8 Å². The number of nitrogens with one attached hydrogen (secondary N) is 1. The van der Waals surface area contributed by atoms with Crippen molar-refractivity contribution in [1.29, 1.82) is 0 Å². The highest BCUT2D eigenvalue weighted by molar-refractivity contribution is 6.29. The Morgan fingerprint density at radius 3 is 2.82 bits per heavy atom. The molecular formula is C22H20ClF2N7O2. The lowest BCUT2D eigenvalue weighted by Crippen LogP contribution is -2.22. The van der Waals surface area contributed by atoms with Gasteiger partial charge in [-0.3, -0.25) is 4.79 Å². The Labute approximate surface area is 197 Å². The van der Waals surface area contributed by atoms with Gasteiger partial charge in [0.1, 0.15) is 11.5 Å². The first-order valence-electron chi connectivity index (χ1n) is 10.4. The number of carbonyl (C=O) groups excluding carboxylic acids is 1. The summed E-state index contributed by atoms with van der Waals surface area (Å²) in [4.78, 5) is 21.9. The number of nitrogens with zero attached hydrogens (tertiary/aromatic N) is 6. The third kappa shape index (κ3) is 3.56. The molecule has 1 amide bonds. The summed E-state index contributed by atoms with van der Waals surface area (Å²) in [6.07, 6.45) is 2.23. The average molecular weight is 488 g/mol. The summed E-state index contributed by atoms with van der Waals surface area (Å²) in [5.74, 6) is -1.11. The predicted molar refractivity (Wildman–Crippen MR) is 120 cm³/mol. The largest absolute Gasteiger partial charge is 0.479 e. The van der Waals surface area contributed by atoms with Gasteiger partial charge in [0.2, 0.25) is 11.8 Å². The molecule has 5 rings (SSSR count). The van der Waals surface area contributed by atoms with Gasteiger partial charge in [0, 0.05) is 35.6 Å². The lowest BCUT2D eigenvalue weighted by molar-refractivity contribution is -0.117. The van der Waals surface area contributed by atoms with Crippen LogP contribution in [0.1, 0.15) is 49.4 Å². The fraction of sp³-hybridized carbons (Fsp3) is 0.318. The highest BCUT2D eigenvalue weighted by Crippen LogP contribution is 2.46. The number of hydrogen-bond donors (Lipinski definition) is 1. The minimum absolute atomic E-state index is 0.00926. The molecule has 1 unspecified atom stereocenters. The Morgan fingerprint density at radius 1 is 1.35 bits per heavy atom. The SMILES string of the molecule is COc1nc(NC(=O)C2CC(C)(C)c3c2cnc2cc(Cl)nn32)cc(C(F)F)c1-n1cccn1. The van der Waals surface area contributed by atoms with Gasteiger partial charge in [-0.15, -0.1) is 0 Å². The molecular weight excluding hydrogens is 468 g/mol. The monoisotopic (exact) mass is 487 g/mol. The van der Waals surface area contributed by atoms with E-state index in [1.54, 1.807) is 22.8 Å². The molecule has 0 spiro atoms. The zero-order valence-corrected chi connectivity index (χ0v) is 19.2. The Bertz CT molecular complexity index is 1400. The third-order valence-corrected chi connectivity index (χ3v) is 6.12.